The van der Waals surface area contributed by atoms with E-state index in [1.54, 1.807) is 16.8 Å². The highest BCUT2D eigenvalue weighted by Gasteiger charge is 2.46. The van der Waals surface area contributed by atoms with Gasteiger partial charge >= 0.3 is 0 Å². The second-order valence-corrected chi connectivity index (χ2v) is 9.36. The second-order valence-electron chi connectivity index (χ2n) is 9.36. The number of para-hydroxylation sites is 2. The van der Waals surface area contributed by atoms with E-state index in [0.717, 1.165) is 0 Å². The zero-order valence-corrected chi connectivity index (χ0v) is 15.7. The lowest BCUT2D eigenvalue weighted by molar-refractivity contribution is 0.167. The van der Waals surface area contributed by atoms with Crippen molar-refractivity contribution in [3.8, 4) is 0 Å². The van der Waals surface area contributed by atoms with Gasteiger partial charge in [0.1, 0.15) is 0 Å². The van der Waals surface area contributed by atoms with Crippen molar-refractivity contribution < 1.29 is 0 Å². The van der Waals surface area contributed by atoms with Crippen LogP contribution in [-0.2, 0) is 12.8 Å². The van der Waals surface area contributed by atoms with Crippen LogP contribution < -0.4 is 4.90 Å². The van der Waals surface area contributed by atoms with E-state index in [9.17, 15) is 0 Å². The van der Waals surface area contributed by atoms with Crippen molar-refractivity contribution in [2.75, 3.05) is 24.5 Å². The highest BCUT2D eigenvalue weighted by atomic mass is 15.3. The number of benzene rings is 2. The van der Waals surface area contributed by atoms with Crippen molar-refractivity contribution in [2.24, 2.45) is 5.41 Å². The highest BCUT2D eigenvalue weighted by Crippen LogP contribution is 2.53. The van der Waals surface area contributed by atoms with E-state index in [1.807, 2.05) is 0 Å². The summed E-state index contributed by atoms with van der Waals surface area (Å²) in [5, 5.41) is 0. The monoisotopic (exact) mass is 344 g/mol. The molecule has 3 heterocycles. The van der Waals surface area contributed by atoms with Crippen molar-refractivity contribution in [1.29, 1.82) is 0 Å². The molecule has 26 heavy (non-hydrogen) atoms. The Morgan fingerprint density at radius 3 is 2.69 bits per heavy atom. The summed E-state index contributed by atoms with van der Waals surface area (Å²) in [6.45, 7) is 6.29. The summed E-state index contributed by atoms with van der Waals surface area (Å²) in [5.74, 6) is 0.673. The second kappa shape index (κ2) is 5.36. The molecular formula is C24H28N2. The molecule has 3 aliphatic heterocycles. The quantitative estimate of drug-likeness (QED) is 0.765. The first kappa shape index (κ1) is 15.3. The van der Waals surface area contributed by atoms with E-state index in [2.05, 4.69) is 59.2 Å². The van der Waals surface area contributed by atoms with E-state index < -0.39 is 0 Å². The average Bonchev–Trinajstić information content (AvgIpc) is 3.33. The van der Waals surface area contributed by atoms with Crippen LogP contribution in [0.25, 0.3) is 0 Å². The van der Waals surface area contributed by atoms with Crippen molar-refractivity contribution in [2.45, 2.75) is 51.0 Å². The molecule has 2 nitrogen and oxygen atoms in total. The maximum atomic E-state index is 2.77. The molecule has 0 spiro atoms. The molecule has 134 valence electrons. The number of rotatable bonds is 2. The zero-order chi connectivity index (χ0) is 17.3. The summed E-state index contributed by atoms with van der Waals surface area (Å²) in [6, 6.07) is 16.9. The summed E-state index contributed by atoms with van der Waals surface area (Å²) >= 11 is 0. The first-order valence-corrected chi connectivity index (χ1v) is 10.4. The molecular weight excluding hydrogens is 316 g/mol. The van der Waals surface area contributed by atoms with E-state index in [0.29, 0.717) is 17.4 Å². The molecule has 0 radical (unpaired) electrons. The predicted molar refractivity (Wildman–Crippen MR) is 107 cm³/mol. The van der Waals surface area contributed by atoms with Crippen LogP contribution in [0.15, 0.2) is 42.5 Å². The van der Waals surface area contributed by atoms with Gasteiger partial charge in [-0.05, 0) is 60.3 Å². The molecule has 2 aromatic carbocycles. The molecule has 2 unspecified atom stereocenters. The van der Waals surface area contributed by atoms with Crippen molar-refractivity contribution in [3.63, 3.8) is 0 Å². The van der Waals surface area contributed by atoms with Crippen LogP contribution in [0, 0.1) is 5.41 Å². The molecule has 1 aliphatic carbocycles. The number of fused-ring (bicyclic) bond motifs is 5. The Labute approximate surface area is 156 Å². The molecule has 1 saturated carbocycles. The zero-order valence-electron chi connectivity index (χ0n) is 15.7. The smallest absolute Gasteiger partial charge is 0.0483 e. The van der Waals surface area contributed by atoms with Crippen LogP contribution in [0.2, 0.25) is 0 Å². The van der Waals surface area contributed by atoms with Crippen LogP contribution in [0.3, 0.4) is 0 Å². The first-order valence-electron chi connectivity index (χ1n) is 10.4. The number of piperidine rings is 1. The van der Waals surface area contributed by atoms with Gasteiger partial charge in [-0.25, -0.2) is 0 Å². The van der Waals surface area contributed by atoms with Gasteiger partial charge in [0.2, 0.25) is 0 Å². The Kier molecular flexibility index (Phi) is 3.15. The Hall–Kier alpha value is -1.80. The summed E-state index contributed by atoms with van der Waals surface area (Å²) in [7, 11) is 0. The number of likely N-dealkylation sites (tertiary alicyclic amines) is 1. The SMILES string of the molecule is CC1(CN2CCC3C(C2)c2cccc4c2N3c2ccccc2CC4)CC1. The number of anilines is 2. The third-order valence-corrected chi connectivity index (χ3v) is 7.41. The molecule has 0 N–H and O–H groups in total. The molecule has 2 heteroatoms. The van der Waals surface area contributed by atoms with Gasteiger partial charge < -0.3 is 9.80 Å². The van der Waals surface area contributed by atoms with Crippen molar-refractivity contribution in [1.82, 2.24) is 4.90 Å². The van der Waals surface area contributed by atoms with E-state index >= 15 is 0 Å². The standard InChI is InChI=1S/C24H28N2/c1-24(12-13-24)16-25-14-11-22-20(15-25)19-7-4-6-18-10-9-17-5-2-3-8-21(17)26(22)23(18)19/h2-8,20,22H,9-16H2,1H3. The van der Waals surface area contributed by atoms with E-state index in [1.165, 1.54) is 63.0 Å². The van der Waals surface area contributed by atoms with E-state index in [-0.39, 0.29) is 0 Å². The van der Waals surface area contributed by atoms with Crippen molar-refractivity contribution in [3.05, 3.63) is 59.2 Å². The Bertz CT molecular complexity index is 866. The minimum Gasteiger partial charge on any atom is -0.337 e. The largest absolute Gasteiger partial charge is 0.337 e. The van der Waals surface area contributed by atoms with Gasteiger partial charge in [0.05, 0.1) is 0 Å². The lowest BCUT2D eigenvalue weighted by Crippen LogP contribution is -2.46. The number of hydrogen-bond acceptors (Lipinski definition) is 2. The summed E-state index contributed by atoms with van der Waals surface area (Å²) in [6.07, 6.45) is 6.50. The Morgan fingerprint density at radius 1 is 1.00 bits per heavy atom. The maximum absolute atomic E-state index is 2.77. The molecule has 4 aliphatic rings. The molecule has 2 fully saturated rings. The van der Waals surface area contributed by atoms with Gasteiger partial charge in [0.15, 0.2) is 0 Å². The molecule has 0 aromatic heterocycles. The van der Waals surface area contributed by atoms with Gasteiger partial charge in [-0.2, -0.15) is 0 Å². The molecule has 2 atom stereocenters. The summed E-state index contributed by atoms with van der Waals surface area (Å²) in [4.78, 5) is 5.51. The maximum Gasteiger partial charge on any atom is 0.0483 e. The third kappa shape index (κ3) is 2.21. The number of hydrogen-bond donors (Lipinski definition) is 0. The van der Waals surface area contributed by atoms with Gasteiger partial charge in [-0.3, -0.25) is 0 Å². The molecule has 6 rings (SSSR count). The number of aryl methyl sites for hydroxylation is 2. The van der Waals surface area contributed by atoms with Gasteiger partial charge in [-0.1, -0.05) is 43.3 Å². The summed E-state index contributed by atoms with van der Waals surface area (Å²) in [5.41, 5.74) is 8.38. The normalized spacial score (nSPS) is 28.1. The fourth-order valence-corrected chi connectivity index (χ4v) is 5.77. The molecule has 1 saturated heterocycles. The van der Waals surface area contributed by atoms with Gasteiger partial charge in [0.25, 0.3) is 0 Å². The lowest BCUT2D eigenvalue weighted by Gasteiger charge is -2.40. The van der Waals surface area contributed by atoms with Crippen LogP contribution in [0.5, 0.6) is 0 Å². The predicted octanol–water partition coefficient (Wildman–Crippen LogP) is 4.89. The highest BCUT2D eigenvalue weighted by molar-refractivity contribution is 5.79. The lowest BCUT2D eigenvalue weighted by atomic mass is 9.87. The fraction of sp³-hybridized carbons (Fsp3) is 0.500. The topological polar surface area (TPSA) is 6.48 Å². The average molecular weight is 345 g/mol. The minimum absolute atomic E-state index is 0.619. The van der Waals surface area contributed by atoms with Crippen LogP contribution in [0.4, 0.5) is 11.4 Å². The third-order valence-electron chi connectivity index (χ3n) is 7.41. The molecule has 0 amide bonds. The molecule has 2 aromatic rings. The summed E-state index contributed by atoms with van der Waals surface area (Å²) < 4.78 is 0. The van der Waals surface area contributed by atoms with Crippen LogP contribution in [0.1, 0.15) is 48.8 Å². The fourth-order valence-electron chi connectivity index (χ4n) is 5.77. The Morgan fingerprint density at radius 2 is 1.81 bits per heavy atom. The first-order chi connectivity index (χ1) is 12.7. The van der Waals surface area contributed by atoms with Gasteiger partial charge in [0, 0.05) is 43.0 Å². The van der Waals surface area contributed by atoms with E-state index in [4.69, 9.17) is 0 Å². The van der Waals surface area contributed by atoms with Crippen LogP contribution >= 0.6 is 0 Å². The minimum atomic E-state index is 0.619. The van der Waals surface area contributed by atoms with Gasteiger partial charge in [-0.15, -0.1) is 0 Å². The Balaban J connectivity index is 1.43. The van der Waals surface area contributed by atoms with Crippen molar-refractivity contribution >= 4 is 11.4 Å². The molecule has 0 bridgehead atoms. The number of nitrogens with zero attached hydrogens (tertiary/aromatic N) is 2. The van der Waals surface area contributed by atoms with Crippen LogP contribution in [-0.4, -0.2) is 30.6 Å².